The molecule has 0 spiro atoms. The fourth-order valence-corrected chi connectivity index (χ4v) is 4.56. The molecule has 1 unspecified atom stereocenters. The largest absolute Gasteiger partial charge is 0.493 e. The van der Waals surface area contributed by atoms with Crippen LogP contribution in [0.5, 0.6) is 5.75 Å². The van der Waals surface area contributed by atoms with E-state index < -0.39 is 16.1 Å². The fraction of sp³-hybridized carbons (Fsp3) is 0.222. The van der Waals surface area contributed by atoms with Crippen LogP contribution in [0, 0.1) is 0 Å². The van der Waals surface area contributed by atoms with Crippen molar-refractivity contribution in [1.29, 1.82) is 0 Å². The van der Waals surface area contributed by atoms with Gasteiger partial charge in [0.05, 0.1) is 16.4 Å². The molecule has 1 aromatic carbocycles. The lowest BCUT2D eigenvalue weighted by molar-refractivity contribution is 0.155. The first-order valence-electron chi connectivity index (χ1n) is 8.10. The molecule has 1 aliphatic heterocycles. The van der Waals surface area contributed by atoms with Gasteiger partial charge in [0.15, 0.2) is 0 Å². The highest BCUT2D eigenvalue weighted by Gasteiger charge is 2.21. The maximum absolute atomic E-state index is 12.5. The molecule has 0 saturated heterocycles. The molecule has 1 atom stereocenters. The van der Waals surface area contributed by atoms with Crippen LogP contribution >= 0.6 is 11.3 Å². The number of aliphatic hydroxyl groups excluding tert-OH is 1. The van der Waals surface area contributed by atoms with Gasteiger partial charge in [-0.3, -0.25) is 0 Å². The van der Waals surface area contributed by atoms with Gasteiger partial charge in [-0.2, -0.15) is 0 Å². The van der Waals surface area contributed by atoms with Crippen molar-refractivity contribution in [1.82, 2.24) is 4.72 Å². The van der Waals surface area contributed by atoms with E-state index in [9.17, 15) is 13.5 Å². The summed E-state index contributed by atoms with van der Waals surface area (Å²) >= 11 is 1.53. The van der Waals surface area contributed by atoms with Crippen molar-refractivity contribution < 1.29 is 22.7 Å². The number of aliphatic hydroxyl groups is 1. The minimum atomic E-state index is -3.73. The standard InChI is InChI=1S/C18H17NO5S2/c20-14(16-5-6-17(24-16)18-2-1-9-25-18)11-19-26(21,22)13-3-4-15-12(10-13)7-8-23-15/h1-6,9-10,14,19-20H,7-8,11H2. The van der Waals surface area contributed by atoms with Crippen molar-refractivity contribution in [3.05, 3.63) is 59.2 Å². The number of nitrogens with one attached hydrogen (secondary N) is 1. The Morgan fingerprint density at radius 1 is 1.23 bits per heavy atom. The van der Waals surface area contributed by atoms with E-state index in [1.807, 2.05) is 17.5 Å². The molecule has 2 N–H and O–H groups in total. The highest BCUT2D eigenvalue weighted by Crippen LogP contribution is 2.29. The van der Waals surface area contributed by atoms with Crippen molar-refractivity contribution in [2.45, 2.75) is 17.4 Å². The molecule has 0 amide bonds. The van der Waals surface area contributed by atoms with Crippen molar-refractivity contribution in [2.75, 3.05) is 13.2 Å². The highest BCUT2D eigenvalue weighted by molar-refractivity contribution is 7.89. The average Bonchev–Trinajstić information content (AvgIpc) is 3.39. The zero-order valence-electron chi connectivity index (χ0n) is 13.7. The molecule has 3 heterocycles. The van der Waals surface area contributed by atoms with E-state index >= 15 is 0 Å². The van der Waals surface area contributed by atoms with Crippen molar-refractivity contribution in [2.24, 2.45) is 0 Å². The molecule has 4 rings (SSSR count). The van der Waals surface area contributed by atoms with Crippen LogP contribution in [0.2, 0.25) is 0 Å². The number of fused-ring (bicyclic) bond motifs is 1. The Kier molecular flexibility index (Phi) is 4.58. The second-order valence-electron chi connectivity index (χ2n) is 5.92. The fourth-order valence-electron chi connectivity index (χ4n) is 2.79. The van der Waals surface area contributed by atoms with Crippen molar-refractivity contribution in [3.8, 4) is 16.4 Å². The lowest BCUT2D eigenvalue weighted by Crippen LogP contribution is -2.28. The lowest BCUT2D eigenvalue weighted by Gasteiger charge is -2.11. The summed E-state index contributed by atoms with van der Waals surface area (Å²) in [5.74, 6) is 1.69. The van der Waals surface area contributed by atoms with E-state index in [4.69, 9.17) is 9.15 Å². The molecular formula is C18H17NO5S2. The first-order valence-corrected chi connectivity index (χ1v) is 10.5. The maximum atomic E-state index is 12.5. The van der Waals surface area contributed by atoms with Gasteiger partial charge in [0.2, 0.25) is 10.0 Å². The Bertz CT molecular complexity index is 1010. The second kappa shape index (κ2) is 6.88. The van der Waals surface area contributed by atoms with Gasteiger partial charge in [0, 0.05) is 13.0 Å². The number of furan rings is 1. The van der Waals surface area contributed by atoms with Crippen molar-refractivity contribution in [3.63, 3.8) is 0 Å². The quantitative estimate of drug-likeness (QED) is 0.674. The normalized spacial score (nSPS) is 14.8. The number of hydrogen-bond donors (Lipinski definition) is 2. The number of benzene rings is 1. The molecule has 0 bridgehead atoms. The molecule has 26 heavy (non-hydrogen) atoms. The second-order valence-corrected chi connectivity index (χ2v) is 8.63. The van der Waals surface area contributed by atoms with Gasteiger partial charge in [0.25, 0.3) is 0 Å². The third kappa shape index (κ3) is 3.41. The van der Waals surface area contributed by atoms with Crippen LogP contribution in [-0.2, 0) is 16.4 Å². The summed E-state index contributed by atoms with van der Waals surface area (Å²) in [5, 5.41) is 12.2. The van der Waals surface area contributed by atoms with E-state index in [-0.39, 0.29) is 11.4 Å². The van der Waals surface area contributed by atoms with E-state index in [1.54, 1.807) is 24.3 Å². The van der Waals surface area contributed by atoms with Gasteiger partial charge < -0.3 is 14.3 Å². The monoisotopic (exact) mass is 391 g/mol. The average molecular weight is 391 g/mol. The van der Waals surface area contributed by atoms with E-state index in [0.717, 1.165) is 16.2 Å². The number of ether oxygens (including phenoxy) is 1. The summed E-state index contributed by atoms with van der Waals surface area (Å²) in [7, 11) is -3.73. The number of sulfonamides is 1. The summed E-state index contributed by atoms with van der Waals surface area (Å²) in [6.07, 6.45) is -0.379. The summed E-state index contributed by atoms with van der Waals surface area (Å²) < 4.78 is 38.4. The summed E-state index contributed by atoms with van der Waals surface area (Å²) in [5.41, 5.74) is 0.875. The van der Waals surface area contributed by atoms with Gasteiger partial charge >= 0.3 is 0 Å². The van der Waals surface area contributed by atoms with Gasteiger partial charge in [0.1, 0.15) is 23.4 Å². The SMILES string of the molecule is O=S(=O)(NCC(O)c1ccc(-c2cccs2)o1)c1ccc2c(c1)CCO2. The third-order valence-electron chi connectivity index (χ3n) is 4.16. The molecule has 0 fully saturated rings. The first-order chi connectivity index (χ1) is 12.5. The Balaban J connectivity index is 1.44. The zero-order valence-corrected chi connectivity index (χ0v) is 15.3. The molecular weight excluding hydrogens is 374 g/mol. The Labute approximate surface area is 155 Å². The molecule has 136 valence electrons. The van der Waals surface area contributed by atoms with Gasteiger partial charge in [-0.1, -0.05) is 6.07 Å². The van der Waals surface area contributed by atoms with Gasteiger partial charge in [-0.25, -0.2) is 13.1 Å². The molecule has 0 radical (unpaired) electrons. The smallest absolute Gasteiger partial charge is 0.240 e. The molecule has 0 saturated carbocycles. The van der Waals surface area contributed by atoms with Crippen LogP contribution in [0.25, 0.3) is 10.6 Å². The molecule has 3 aromatic rings. The number of rotatable bonds is 6. The molecule has 1 aliphatic rings. The van der Waals surface area contributed by atoms with Crippen LogP contribution in [0.4, 0.5) is 0 Å². The predicted molar refractivity (Wildman–Crippen MR) is 97.8 cm³/mol. The van der Waals surface area contributed by atoms with Gasteiger partial charge in [-0.05, 0) is 47.3 Å². The van der Waals surface area contributed by atoms with Gasteiger partial charge in [-0.15, -0.1) is 11.3 Å². The minimum absolute atomic E-state index is 0.160. The number of hydrogen-bond acceptors (Lipinski definition) is 6. The maximum Gasteiger partial charge on any atom is 0.240 e. The highest BCUT2D eigenvalue weighted by atomic mass is 32.2. The Morgan fingerprint density at radius 2 is 2.12 bits per heavy atom. The minimum Gasteiger partial charge on any atom is -0.493 e. The van der Waals surface area contributed by atoms with Crippen LogP contribution in [-0.4, -0.2) is 26.7 Å². The van der Waals surface area contributed by atoms with Crippen LogP contribution in [0.1, 0.15) is 17.4 Å². The Hall–Kier alpha value is -2.13. The van der Waals surface area contributed by atoms with E-state index in [1.165, 1.54) is 17.4 Å². The molecule has 6 nitrogen and oxygen atoms in total. The van der Waals surface area contributed by atoms with Crippen molar-refractivity contribution >= 4 is 21.4 Å². The van der Waals surface area contributed by atoms with Crippen LogP contribution in [0.3, 0.4) is 0 Å². The lowest BCUT2D eigenvalue weighted by atomic mass is 10.2. The summed E-state index contributed by atoms with van der Waals surface area (Å²) in [4.78, 5) is 1.11. The van der Waals surface area contributed by atoms with E-state index in [2.05, 4.69) is 4.72 Å². The Morgan fingerprint density at radius 3 is 2.92 bits per heavy atom. The molecule has 8 heteroatoms. The molecule has 2 aromatic heterocycles. The summed E-state index contributed by atoms with van der Waals surface area (Å²) in [6, 6.07) is 12.0. The first kappa shape index (κ1) is 17.3. The van der Waals surface area contributed by atoms with Crippen LogP contribution in [0.15, 0.2) is 57.2 Å². The zero-order chi connectivity index (χ0) is 18.1. The number of thiophene rings is 1. The predicted octanol–water partition coefficient (Wildman–Crippen LogP) is 2.95. The summed E-state index contributed by atoms with van der Waals surface area (Å²) in [6.45, 7) is 0.392. The topological polar surface area (TPSA) is 88.8 Å². The van der Waals surface area contributed by atoms with Crippen LogP contribution < -0.4 is 9.46 Å². The molecule has 0 aliphatic carbocycles. The third-order valence-corrected chi connectivity index (χ3v) is 6.46. The van der Waals surface area contributed by atoms with E-state index in [0.29, 0.717) is 24.5 Å².